The van der Waals surface area contributed by atoms with Crippen molar-refractivity contribution in [2.24, 2.45) is 0 Å². The van der Waals surface area contributed by atoms with Gasteiger partial charge in [0.15, 0.2) is 5.69 Å². The number of aromatic nitrogens is 1. The number of thiol groups is 1. The van der Waals surface area contributed by atoms with Crippen molar-refractivity contribution in [3.63, 3.8) is 0 Å². The van der Waals surface area contributed by atoms with Crippen molar-refractivity contribution in [2.45, 2.75) is 11.8 Å². The van der Waals surface area contributed by atoms with E-state index >= 15 is 0 Å². The molecule has 0 aliphatic heterocycles. The summed E-state index contributed by atoms with van der Waals surface area (Å²) in [6, 6.07) is 3.40. The molecule has 0 radical (unpaired) electrons. The van der Waals surface area contributed by atoms with Gasteiger partial charge in [-0.25, -0.2) is 9.78 Å². The molecule has 1 rings (SSSR count). The molecule has 0 aromatic carbocycles. The minimum Gasteiger partial charge on any atom is -0.461 e. The van der Waals surface area contributed by atoms with Gasteiger partial charge in [-0.3, -0.25) is 0 Å². The molecule has 0 saturated carbocycles. The average molecular weight is 208 g/mol. The van der Waals surface area contributed by atoms with E-state index in [0.717, 1.165) is 0 Å². The predicted octanol–water partition coefficient (Wildman–Crippen LogP) is 1.42. The normalized spacial score (nSPS) is 9.21. The van der Waals surface area contributed by atoms with Gasteiger partial charge >= 0.3 is 5.97 Å². The second kappa shape index (κ2) is 4.63. The third kappa shape index (κ3) is 2.03. The number of esters is 1. The van der Waals surface area contributed by atoms with Crippen molar-refractivity contribution >= 4 is 18.6 Å². The van der Waals surface area contributed by atoms with Crippen LogP contribution in [-0.4, -0.2) is 17.6 Å². The number of nitrogens with zero attached hydrogens (tertiary/aromatic N) is 2. The van der Waals surface area contributed by atoms with Gasteiger partial charge in [-0.05, 0) is 13.0 Å². The van der Waals surface area contributed by atoms with Crippen LogP contribution in [0.4, 0.5) is 0 Å². The third-order valence-corrected chi connectivity index (χ3v) is 1.97. The topological polar surface area (TPSA) is 63.0 Å². The Bertz CT molecular complexity index is 398. The van der Waals surface area contributed by atoms with Gasteiger partial charge < -0.3 is 4.74 Å². The summed E-state index contributed by atoms with van der Waals surface area (Å²) in [6.45, 7) is 1.97. The maximum atomic E-state index is 11.3. The maximum Gasteiger partial charge on any atom is 0.358 e. The van der Waals surface area contributed by atoms with Crippen LogP contribution in [0.15, 0.2) is 17.2 Å². The number of rotatable bonds is 2. The zero-order valence-electron chi connectivity index (χ0n) is 7.52. The van der Waals surface area contributed by atoms with Crippen molar-refractivity contribution in [2.75, 3.05) is 6.61 Å². The number of ether oxygens (including phenoxy) is 1. The van der Waals surface area contributed by atoms with Crippen molar-refractivity contribution in [3.8, 4) is 6.07 Å². The quantitative estimate of drug-likeness (QED) is 0.589. The number of pyridine rings is 1. The van der Waals surface area contributed by atoms with Crippen LogP contribution in [0.25, 0.3) is 0 Å². The summed E-state index contributed by atoms with van der Waals surface area (Å²) in [7, 11) is 0. The average Bonchev–Trinajstić information content (AvgIpc) is 2.18. The molecule has 1 aromatic heterocycles. The van der Waals surface area contributed by atoms with Crippen LogP contribution in [0, 0.1) is 11.3 Å². The Morgan fingerprint density at radius 1 is 1.79 bits per heavy atom. The molecule has 0 amide bonds. The Hall–Kier alpha value is -1.54. The fraction of sp³-hybridized carbons (Fsp3) is 0.222. The highest BCUT2D eigenvalue weighted by Gasteiger charge is 2.14. The van der Waals surface area contributed by atoms with Crippen LogP contribution in [0.2, 0.25) is 0 Å². The van der Waals surface area contributed by atoms with E-state index in [1.807, 2.05) is 6.07 Å². The summed E-state index contributed by atoms with van der Waals surface area (Å²) >= 11 is 4.04. The summed E-state index contributed by atoms with van der Waals surface area (Å²) in [4.78, 5) is 15.4. The van der Waals surface area contributed by atoms with Crippen LogP contribution >= 0.6 is 12.6 Å². The first kappa shape index (κ1) is 10.5. The van der Waals surface area contributed by atoms with Crippen molar-refractivity contribution in [1.29, 1.82) is 5.26 Å². The third-order valence-electron chi connectivity index (χ3n) is 1.51. The largest absolute Gasteiger partial charge is 0.461 e. The van der Waals surface area contributed by atoms with E-state index in [2.05, 4.69) is 17.6 Å². The molecule has 5 heteroatoms. The lowest BCUT2D eigenvalue weighted by Gasteiger charge is -2.03. The molecule has 0 spiro atoms. The van der Waals surface area contributed by atoms with Gasteiger partial charge in [0, 0.05) is 6.20 Å². The van der Waals surface area contributed by atoms with Gasteiger partial charge in [-0.2, -0.15) is 5.26 Å². The van der Waals surface area contributed by atoms with Gasteiger partial charge in [0.2, 0.25) is 0 Å². The van der Waals surface area contributed by atoms with Crippen molar-refractivity contribution < 1.29 is 9.53 Å². The molecule has 72 valence electrons. The number of hydrogen-bond acceptors (Lipinski definition) is 5. The Labute approximate surface area is 86.9 Å². The molecular formula is C9H8N2O2S. The lowest BCUT2D eigenvalue weighted by Crippen LogP contribution is -2.08. The maximum absolute atomic E-state index is 11.3. The number of hydrogen-bond donors (Lipinski definition) is 1. The van der Waals surface area contributed by atoms with Crippen molar-refractivity contribution in [1.82, 2.24) is 4.98 Å². The molecule has 0 fully saturated rings. The molecule has 0 aliphatic carbocycles. The molecule has 0 N–H and O–H groups in total. The molecule has 0 aliphatic rings. The van der Waals surface area contributed by atoms with Crippen LogP contribution in [0.5, 0.6) is 0 Å². The highest BCUT2D eigenvalue weighted by atomic mass is 32.1. The van der Waals surface area contributed by atoms with E-state index < -0.39 is 5.97 Å². The number of carbonyl (C=O) groups is 1. The minimum absolute atomic E-state index is 0.0780. The van der Waals surface area contributed by atoms with Gasteiger partial charge in [-0.15, -0.1) is 12.6 Å². The molecule has 1 aromatic rings. The first-order valence-corrected chi connectivity index (χ1v) is 4.40. The zero-order valence-corrected chi connectivity index (χ0v) is 8.41. The highest BCUT2D eigenvalue weighted by Crippen LogP contribution is 2.16. The summed E-state index contributed by atoms with van der Waals surface area (Å²) in [6.07, 6.45) is 1.38. The monoisotopic (exact) mass is 208 g/mol. The van der Waals surface area contributed by atoms with Crippen LogP contribution in [0.3, 0.4) is 0 Å². The summed E-state index contributed by atoms with van der Waals surface area (Å²) in [5.41, 5.74) is 0.389. The lowest BCUT2D eigenvalue weighted by molar-refractivity contribution is 0.0515. The fourth-order valence-corrected chi connectivity index (χ4v) is 1.17. The molecule has 1 heterocycles. The van der Waals surface area contributed by atoms with E-state index in [1.54, 1.807) is 6.92 Å². The van der Waals surface area contributed by atoms with Gasteiger partial charge in [0.05, 0.1) is 17.1 Å². The van der Waals surface area contributed by atoms with Gasteiger partial charge in [0.25, 0.3) is 0 Å². The molecular weight excluding hydrogens is 200 g/mol. The van der Waals surface area contributed by atoms with Crippen LogP contribution in [-0.2, 0) is 4.74 Å². The van der Waals surface area contributed by atoms with E-state index in [0.29, 0.717) is 5.56 Å². The van der Waals surface area contributed by atoms with E-state index in [-0.39, 0.29) is 17.2 Å². The fourth-order valence-electron chi connectivity index (χ4n) is 0.893. The second-order valence-corrected chi connectivity index (χ2v) is 2.84. The minimum atomic E-state index is -0.561. The highest BCUT2D eigenvalue weighted by molar-refractivity contribution is 7.80. The van der Waals surface area contributed by atoms with Gasteiger partial charge in [-0.1, -0.05) is 0 Å². The second-order valence-electron chi connectivity index (χ2n) is 2.39. The van der Waals surface area contributed by atoms with Crippen molar-refractivity contribution in [3.05, 3.63) is 23.5 Å². The first-order chi connectivity index (χ1) is 6.70. The van der Waals surface area contributed by atoms with Gasteiger partial charge in [0.1, 0.15) is 6.07 Å². The number of carbonyl (C=O) groups excluding carboxylic acids is 1. The standard InChI is InChI=1S/C9H8N2O2S/c1-2-13-9(12)7-8(14)6(5-10)3-4-11-7/h3-4,14H,2H2,1H3. The Morgan fingerprint density at radius 3 is 3.07 bits per heavy atom. The van der Waals surface area contributed by atoms with Crippen LogP contribution < -0.4 is 0 Å². The predicted molar refractivity (Wildman–Crippen MR) is 52.2 cm³/mol. The molecule has 4 nitrogen and oxygen atoms in total. The smallest absolute Gasteiger partial charge is 0.358 e. The van der Waals surface area contributed by atoms with E-state index in [1.165, 1.54) is 12.3 Å². The zero-order chi connectivity index (χ0) is 10.6. The molecule has 14 heavy (non-hydrogen) atoms. The summed E-state index contributed by atoms with van der Waals surface area (Å²) in [5.74, 6) is -0.561. The Balaban J connectivity index is 3.11. The first-order valence-electron chi connectivity index (χ1n) is 3.96. The molecule has 0 saturated heterocycles. The van der Waals surface area contributed by atoms with E-state index in [9.17, 15) is 4.79 Å². The summed E-state index contributed by atoms with van der Waals surface area (Å²) < 4.78 is 4.75. The SMILES string of the molecule is CCOC(=O)c1nccc(C#N)c1S. The Kier molecular flexibility index (Phi) is 3.48. The lowest BCUT2D eigenvalue weighted by atomic mass is 10.2. The van der Waals surface area contributed by atoms with E-state index in [4.69, 9.17) is 10.00 Å². The molecule has 0 atom stereocenters. The molecule has 0 bridgehead atoms. The number of nitriles is 1. The van der Waals surface area contributed by atoms with Crippen LogP contribution in [0.1, 0.15) is 23.0 Å². The summed E-state index contributed by atoms with van der Waals surface area (Å²) in [5, 5.41) is 8.68. The molecule has 0 unspecified atom stereocenters. The Morgan fingerprint density at radius 2 is 2.50 bits per heavy atom.